The van der Waals surface area contributed by atoms with Gasteiger partial charge in [0.2, 0.25) is 17.7 Å². The van der Waals surface area contributed by atoms with Gasteiger partial charge in [-0.15, -0.1) is 0 Å². The molecule has 0 saturated carbocycles. The zero-order valence-electron chi connectivity index (χ0n) is 19.4. The predicted octanol–water partition coefficient (Wildman–Crippen LogP) is 2.98. The summed E-state index contributed by atoms with van der Waals surface area (Å²) in [5.41, 5.74) is 0.817. The minimum atomic E-state index is -1.10. The summed E-state index contributed by atoms with van der Waals surface area (Å²) >= 11 is 6.35. The third-order valence-electron chi connectivity index (χ3n) is 7.42. The maximum atomic E-state index is 13.7. The maximum absolute atomic E-state index is 13.7. The molecule has 2 aromatic rings. The molecule has 0 aliphatic carbocycles. The van der Waals surface area contributed by atoms with Gasteiger partial charge >= 0.3 is 0 Å². The number of anilines is 2. The summed E-state index contributed by atoms with van der Waals surface area (Å²) in [6.07, 6.45) is 0.955. The topological polar surface area (TPSA) is 108 Å². The smallest absolute Gasteiger partial charge is 0.250 e. The third-order valence-corrected chi connectivity index (χ3v) is 7.73. The number of likely N-dealkylation sites (tertiary alicyclic amines) is 1. The lowest BCUT2D eigenvalue weighted by molar-refractivity contribution is -0.139. The summed E-state index contributed by atoms with van der Waals surface area (Å²) in [6, 6.07) is 13.5. The summed E-state index contributed by atoms with van der Waals surface area (Å²) < 4.78 is 6.39. The molecule has 2 bridgehead atoms. The second-order valence-electron chi connectivity index (χ2n) is 9.44. The van der Waals surface area contributed by atoms with E-state index >= 15 is 0 Å². The summed E-state index contributed by atoms with van der Waals surface area (Å²) in [7, 11) is 0. The predicted molar refractivity (Wildman–Crippen MR) is 131 cm³/mol. The van der Waals surface area contributed by atoms with Gasteiger partial charge in [0.25, 0.3) is 0 Å². The van der Waals surface area contributed by atoms with Crippen molar-refractivity contribution in [3.05, 3.63) is 59.1 Å². The number of nitrogens with one attached hydrogen (secondary N) is 2. The van der Waals surface area contributed by atoms with Crippen molar-refractivity contribution in [2.24, 2.45) is 11.8 Å². The number of hydrogen-bond acceptors (Lipinski definition) is 5. The number of para-hydroxylation sites is 2. The maximum Gasteiger partial charge on any atom is 0.250 e. The van der Waals surface area contributed by atoms with Crippen molar-refractivity contribution in [2.75, 3.05) is 23.8 Å². The van der Waals surface area contributed by atoms with E-state index in [1.165, 1.54) is 4.90 Å². The fraction of sp³-hybridized carbons (Fsp3) is 0.423. The Hall–Kier alpha value is -2.94. The number of aryl methyl sites for hydroxylation is 1. The van der Waals surface area contributed by atoms with Crippen LogP contribution in [0.2, 0.25) is 5.02 Å². The number of aliphatic hydroxyl groups is 1. The first-order valence-corrected chi connectivity index (χ1v) is 12.3. The Balaban J connectivity index is 1.47. The Morgan fingerprint density at radius 1 is 1.14 bits per heavy atom. The molecule has 3 aliphatic heterocycles. The van der Waals surface area contributed by atoms with Crippen molar-refractivity contribution < 1.29 is 24.2 Å². The first-order chi connectivity index (χ1) is 16.9. The van der Waals surface area contributed by atoms with Gasteiger partial charge in [0.1, 0.15) is 11.6 Å². The molecule has 3 amide bonds. The highest BCUT2D eigenvalue weighted by Gasteiger charge is 2.74. The number of benzene rings is 2. The highest BCUT2D eigenvalue weighted by Crippen LogP contribution is 2.58. The van der Waals surface area contributed by atoms with Crippen molar-refractivity contribution in [1.29, 1.82) is 0 Å². The molecule has 1 spiro atoms. The number of hydrogen-bond donors (Lipinski definition) is 3. The molecule has 184 valence electrons. The van der Waals surface area contributed by atoms with Gasteiger partial charge in [-0.1, -0.05) is 41.9 Å². The quantitative estimate of drug-likeness (QED) is 0.545. The second-order valence-corrected chi connectivity index (χ2v) is 9.85. The number of fused-ring (bicyclic) bond motifs is 1. The molecule has 3 heterocycles. The van der Waals surface area contributed by atoms with Gasteiger partial charge < -0.3 is 25.4 Å². The standard InChI is InChI=1S/C26H28ClN3O5/c1-15-7-5-10-17(27)21(15)29-24(33)22-26-12-11-18(35-26)19(20(26)25(34)30(22)13-6-14-31)23(32)28-16-8-3-2-4-9-16/h2-5,7-10,18-20,22,31H,6,11-14H2,1H3,(H,28,32)(H,29,33)/t18-,19+,20-,22?,26?/m0/s1. The number of nitrogens with zero attached hydrogens (tertiary/aromatic N) is 1. The average molecular weight is 498 g/mol. The number of carbonyl (C=O) groups is 3. The number of rotatable bonds is 7. The van der Waals surface area contributed by atoms with Gasteiger partial charge in [0.05, 0.1) is 28.6 Å². The number of carbonyl (C=O) groups excluding carboxylic acids is 3. The molecule has 0 aromatic heterocycles. The average Bonchev–Trinajstić information content (AvgIpc) is 3.48. The Labute approximate surface area is 208 Å². The van der Waals surface area contributed by atoms with E-state index in [1.807, 2.05) is 31.2 Å². The minimum absolute atomic E-state index is 0.124. The molecule has 3 fully saturated rings. The lowest BCUT2D eigenvalue weighted by Crippen LogP contribution is -2.53. The number of amides is 3. The van der Waals surface area contributed by atoms with Gasteiger partial charge in [0, 0.05) is 18.8 Å². The van der Waals surface area contributed by atoms with Crippen molar-refractivity contribution in [2.45, 2.75) is 43.9 Å². The van der Waals surface area contributed by atoms with Gasteiger partial charge in [-0.05, 0) is 49.9 Å². The van der Waals surface area contributed by atoms with Crippen molar-refractivity contribution in [3.63, 3.8) is 0 Å². The van der Waals surface area contributed by atoms with E-state index < -0.39 is 35.5 Å². The molecule has 5 rings (SSSR count). The fourth-order valence-corrected chi connectivity index (χ4v) is 6.23. The molecule has 8 nitrogen and oxygen atoms in total. The van der Waals surface area contributed by atoms with Crippen LogP contribution in [-0.2, 0) is 19.1 Å². The number of aliphatic hydroxyl groups excluding tert-OH is 1. The molecule has 3 N–H and O–H groups in total. The Morgan fingerprint density at radius 2 is 1.91 bits per heavy atom. The summed E-state index contributed by atoms with van der Waals surface area (Å²) in [6.45, 7) is 1.91. The van der Waals surface area contributed by atoms with Gasteiger partial charge in [0.15, 0.2) is 0 Å². The molecule has 3 saturated heterocycles. The van der Waals surface area contributed by atoms with E-state index in [9.17, 15) is 19.5 Å². The summed E-state index contributed by atoms with van der Waals surface area (Å²) in [4.78, 5) is 42.3. The van der Waals surface area contributed by atoms with Crippen LogP contribution in [0.5, 0.6) is 0 Å². The lowest BCUT2D eigenvalue weighted by Gasteiger charge is -2.33. The second kappa shape index (κ2) is 9.26. The molecule has 9 heteroatoms. The fourth-order valence-electron chi connectivity index (χ4n) is 5.96. The minimum Gasteiger partial charge on any atom is -0.396 e. The van der Waals surface area contributed by atoms with Crippen molar-refractivity contribution in [3.8, 4) is 0 Å². The Bertz CT molecular complexity index is 1140. The Morgan fingerprint density at radius 3 is 2.63 bits per heavy atom. The van der Waals surface area contributed by atoms with Crippen molar-refractivity contribution in [1.82, 2.24) is 4.90 Å². The van der Waals surface area contributed by atoms with Crippen LogP contribution in [0.25, 0.3) is 0 Å². The summed E-state index contributed by atoms with van der Waals surface area (Å²) in [5.74, 6) is -2.45. The molecule has 3 aliphatic rings. The SMILES string of the molecule is Cc1cccc(Cl)c1NC(=O)C1N(CCCO)C(=O)[C@@H]2[C@H](C(=O)Nc3ccccc3)[C@@H]3CCC12O3. The van der Waals surface area contributed by atoms with Crippen LogP contribution >= 0.6 is 11.6 Å². The first-order valence-electron chi connectivity index (χ1n) is 11.9. The van der Waals surface area contributed by atoms with Crippen LogP contribution in [0.15, 0.2) is 48.5 Å². The van der Waals surface area contributed by atoms with Gasteiger partial charge in [-0.25, -0.2) is 0 Å². The third kappa shape index (κ3) is 3.90. The number of halogens is 1. The number of ether oxygens (including phenoxy) is 1. The lowest BCUT2D eigenvalue weighted by atomic mass is 9.70. The van der Waals surface area contributed by atoms with E-state index in [0.29, 0.717) is 35.7 Å². The zero-order chi connectivity index (χ0) is 24.7. The van der Waals surface area contributed by atoms with Crippen LogP contribution in [-0.4, -0.2) is 58.6 Å². The molecule has 0 radical (unpaired) electrons. The van der Waals surface area contributed by atoms with E-state index in [1.54, 1.807) is 24.3 Å². The molecule has 2 aromatic carbocycles. The van der Waals surface area contributed by atoms with Crippen LogP contribution in [0.4, 0.5) is 11.4 Å². The molecular formula is C26H28ClN3O5. The van der Waals surface area contributed by atoms with Crippen molar-refractivity contribution >= 4 is 40.7 Å². The van der Waals surface area contributed by atoms with E-state index in [4.69, 9.17) is 16.3 Å². The van der Waals surface area contributed by atoms with Crippen LogP contribution in [0.3, 0.4) is 0 Å². The van der Waals surface area contributed by atoms with Gasteiger partial charge in [-0.2, -0.15) is 0 Å². The van der Waals surface area contributed by atoms with E-state index in [-0.39, 0.29) is 25.0 Å². The first kappa shape index (κ1) is 23.8. The molecule has 5 atom stereocenters. The summed E-state index contributed by atoms with van der Waals surface area (Å²) in [5, 5.41) is 15.7. The van der Waals surface area contributed by atoms with Gasteiger partial charge in [-0.3, -0.25) is 14.4 Å². The highest BCUT2D eigenvalue weighted by molar-refractivity contribution is 6.34. The van der Waals surface area contributed by atoms with Crippen LogP contribution in [0.1, 0.15) is 24.8 Å². The van der Waals surface area contributed by atoms with Crippen LogP contribution < -0.4 is 10.6 Å². The zero-order valence-corrected chi connectivity index (χ0v) is 20.1. The molecule has 35 heavy (non-hydrogen) atoms. The largest absolute Gasteiger partial charge is 0.396 e. The van der Waals surface area contributed by atoms with E-state index in [0.717, 1.165) is 5.56 Å². The normalized spacial score (nSPS) is 28.8. The van der Waals surface area contributed by atoms with E-state index in [2.05, 4.69) is 10.6 Å². The highest BCUT2D eigenvalue weighted by atomic mass is 35.5. The molecule has 2 unspecified atom stereocenters. The molecular weight excluding hydrogens is 470 g/mol. The Kier molecular flexibility index (Phi) is 6.29. The monoisotopic (exact) mass is 497 g/mol. The van der Waals surface area contributed by atoms with Crippen LogP contribution in [0, 0.1) is 18.8 Å².